The van der Waals surface area contributed by atoms with E-state index in [-0.39, 0.29) is 22.8 Å². The first-order valence-corrected chi connectivity index (χ1v) is 8.61. The summed E-state index contributed by atoms with van der Waals surface area (Å²) in [5.74, 6) is -1.98. The first-order valence-electron chi connectivity index (χ1n) is 7.79. The van der Waals surface area contributed by atoms with Gasteiger partial charge in [-0.2, -0.15) is 0 Å². The van der Waals surface area contributed by atoms with Crippen molar-refractivity contribution in [3.63, 3.8) is 0 Å². The van der Waals surface area contributed by atoms with Gasteiger partial charge in [0.15, 0.2) is 5.13 Å². The number of nitrogens with one attached hydrogen (secondary N) is 1. The molecule has 138 valence electrons. The maximum atomic E-state index is 13.7. The van der Waals surface area contributed by atoms with Gasteiger partial charge < -0.3 is 0 Å². The molecule has 9 heteroatoms. The van der Waals surface area contributed by atoms with Gasteiger partial charge >= 0.3 is 0 Å². The summed E-state index contributed by atoms with van der Waals surface area (Å²) in [6, 6.07) is 7.78. The number of amides is 1. The number of halogens is 2. The molecule has 0 unspecified atom stereocenters. The highest BCUT2D eigenvalue weighted by molar-refractivity contribution is 7.15. The number of thiazole rings is 1. The van der Waals surface area contributed by atoms with Crippen molar-refractivity contribution in [1.29, 1.82) is 0 Å². The van der Waals surface area contributed by atoms with Gasteiger partial charge in [-0.15, -0.1) is 11.3 Å². The number of nitro groups is 1. The van der Waals surface area contributed by atoms with Crippen LogP contribution in [0.3, 0.4) is 0 Å². The third-order valence-electron chi connectivity index (χ3n) is 3.82. The minimum Gasteiger partial charge on any atom is -0.298 e. The van der Waals surface area contributed by atoms with Crippen LogP contribution in [0.5, 0.6) is 0 Å². The minimum absolute atomic E-state index is 0.0682. The van der Waals surface area contributed by atoms with E-state index < -0.39 is 22.5 Å². The normalized spacial score (nSPS) is 10.6. The zero-order valence-corrected chi connectivity index (χ0v) is 14.8. The summed E-state index contributed by atoms with van der Waals surface area (Å²) in [5.41, 5.74) is 0.341. The van der Waals surface area contributed by atoms with Crippen LogP contribution in [0.15, 0.2) is 42.6 Å². The average molecular weight is 389 g/mol. The summed E-state index contributed by atoms with van der Waals surface area (Å²) < 4.78 is 26.7. The molecule has 27 heavy (non-hydrogen) atoms. The molecule has 1 N–H and O–H groups in total. The van der Waals surface area contributed by atoms with Crippen molar-refractivity contribution in [3.05, 3.63) is 85.9 Å². The lowest BCUT2D eigenvalue weighted by Crippen LogP contribution is -2.14. The Kier molecular flexibility index (Phi) is 5.22. The molecule has 1 aromatic heterocycles. The second-order valence-electron chi connectivity index (χ2n) is 5.73. The number of hydrogen-bond donors (Lipinski definition) is 1. The lowest BCUT2D eigenvalue weighted by atomic mass is 10.1. The molecule has 0 radical (unpaired) electrons. The summed E-state index contributed by atoms with van der Waals surface area (Å²) in [6.45, 7) is 1.55. The molecule has 1 amide bonds. The SMILES string of the molecule is Cc1cccc(C(=O)Nc2ncc(Cc3ccc(F)cc3F)s2)c1[N+](=O)[O-]. The number of benzene rings is 2. The Morgan fingerprint density at radius 2 is 2.07 bits per heavy atom. The number of hydrogen-bond acceptors (Lipinski definition) is 5. The van der Waals surface area contributed by atoms with Crippen molar-refractivity contribution < 1.29 is 18.5 Å². The van der Waals surface area contributed by atoms with Gasteiger partial charge in [0, 0.05) is 29.1 Å². The van der Waals surface area contributed by atoms with Crippen LogP contribution < -0.4 is 5.32 Å². The van der Waals surface area contributed by atoms with Crippen molar-refractivity contribution >= 4 is 28.1 Å². The fourth-order valence-corrected chi connectivity index (χ4v) is 3.38. The Morgan fingerprint density at radius 1 is 1.30 bits per heavy atom. The number of nitrogens with zero attached hydrogens (tertiary/aromatic N) is 2. The summed E-state index contributed by atoms with van der Waals surface area (Å²) >= 11 is 1.11. The van der Waals surface area contributed by atoms with Gasteiger partial charge in [0.1, 0.15) is 17.2 Å². The third kappa shape index (κ3) is 4.14. The number of para-hydroxylation sites is 1. The number of carbonyl (C=O) groups is 1. The fraction of sp³-hybridized carbons (Fsp3) is 0.111. The van der Waals surface area contributed by atoms with E-state index in [0.29, 0.717) is 16.0 Å². The molecule has 6 nitrogen and oxygen atoms in total. The number of aromatic nitrogens is 1. The van der Waals surface area contributed by atoms with Crippen molar-refractivity contribution in [2.45, 2.75) is 13.3 Å². The van der Waals surface area contributed by atoms with Crippen LogP contribution >= 0.6 is 11.3 Å². The van der Waals surface area contributed by atoms with E-state index in [1.165, 1.54) is 24.4 Å². The molecule has 2 aromatic carbocycles. The number of nitro benzene ring substituents is 1. The van der Waals surface area contributed by atoms with Crippen molar-refractivity contribution in [3.8, 4) is 0 Å². The largest absolute Gasteiger partial charge is 0.298 e. The maximum absolute atomic E-state index is 13.7. The molecular weight excluding hydrogens is 376 g/mol. The summed E-state index contributed by atoms with van der Waals surface area (Å²) in [4.78, 5) is 27.7. The van der Waals surface area contributed by atoms with Crippen molar-refractivity contribution in [1.82, 2.24) is 4.98 Å². The second-order valence-corrected chi connectivity index (χ2v) is 6.84. The fourth-order valence-electron chi connectivity index (χ4n) is 2.55. The molecule has 0 spiro atoms. The maximum Gasteiger partial charge on any atom is 0.285 e. The van der Waals surface area contributed by atoms with Crippen LogP contribution in [-0.4, -0.2) is 15.8 Å². The molecule has 0 atom stereocenters. The van der Waals surface area contributed by atoms with E-state index in [4.69, 9.17) is 0 Å². The highest BCUT2D eigenvalue weighted by Crippen LogP contribution is 2.26. The highest BCUT2D eigenvalue weighted by Gasteiger charge is 2.23. The molecule has 3 rings (SSSR count). The van der Waals surface area contributed by atoms with Crippen LogP contribution in [0.1, 0.15) is 26.4 Å². The molecule has 0 fully saturated rings. The van der Waals surface area contributed by atoms with Crippen molar-refractivity contribution in [2.75, 3.05) is 5.32 Å². The Labute approximate surface area is 156 Å². The Bertz CT molecular complexity index is 1040. The highest BCUT2D eigenvalue weighted by atomic mass is 32.1. The van der Waals surface area contributed by atoms with Gasteiger partial charge in [-0.3, -0.25) is 20.2 Å². The van der Waals surface area contributed by atoms with E-state index in [1.807, 2.05) is 0 Å². The molecule has 0 bridgehead atoms. The lowest BCUT2D eigenvalue weighted by molar-refractivity contribution is -0.385. The van der Waals surface area contributed by atoms with Gasteiger partial charge in [0.2, 0.25) is 0 Å². The molecule has 0 saturated carbocycles. The Hall–Kier alpha value is -3.20. The molecular formula is C18H13F2N3O3S. The minimum atomic E-state index is -0.663. The first kappa shape index (κ1) is 18.6. The van der Waals surface area contributed by atoms with Crippen LogP contribution in [0.2, 0.25) is 0 Å². The van der Waals surface area contributed by atoms with E-state index in [9.17, 15) is 23.7 Å². The van der Waals surface area contributed by atoms with E-state index in [0.717, 1.165) is 17.4 Å². The quantitative estimate of drug-likeness (QED) is 0.515. The molecule has 3 aromatic rings. The summed E-state index contributed by atoms with van der Waals surface area (Å²) in [5, 5.41) is 14.0. The molecule has 1 heterocycles. The van der Waals surface area contributed by atoms with E-state index in [2.05, 4.69) is 10.3 Å². The van der Waals surface area contributed by atoms with Crippen LogP contribution in [-0.2, 0) is 6.42 Å². The number of carbonyl (C=O) groups excluding carboxylic acids is 1. The molecule has 0 aliphatic heterocycles. The standard InChI is InChI=1S/C18H13F2N3O3S/c1-10-3-2-4-14(16(10)23(25)26)17(24)22-18-21-9-13(27-18)7-11-5-6-12(19)8-15(11)20/h2-6,8-9H,7H2,1H3,(H,21,22,24). The number of aryl methyl sites for hydroxylation is 1. The lowest BCUT2D eigenvalue weighted by Gasteiger charge is -2.05. The predicted molar refractivity (Wildman–Crippen MR) is 97.1 cm³/mol. The van der Waals surface area contributed by atoms with E-state index >= 15 is 0 Å². The first-order chi connectivity index (χ1) is 12.8. The monoisotopic (exact) mass is 389 g/mol. The molecule has 0 aliphatic carbocycles. The zero-order chi connectivity index (χ0) is 19.6. The summed E-state index contributed by atoms with van der Waals surface area (Å²) in [6.07, 6.45) is 1.65. The molecule has 0 aliphatic rings. The smallest absolute Gasteiger partial charge is 0.285 e. The topological polar surface area (TPSA) is 85.1 Å². The Balaban J connectivity index is 1.77. The number of rotatable bonds is 5. The van der Waals surface area contributed by atoms with Gasteiger partial charge in [0.25, 0.3) is 11.6 Å². The third-order valence-corrected chi connectivity index (χ3v) is 4.73. The summed E-state index contributed by atoms with van der Waals surface area (Å²) in [7, 11) is 0. The van der Waals surface area contributed by atoms with Gasteiger partial charge in [0.05, 0.1) is 4.92 Å². The predicted octanol–water partition coefficient (Wildman–Crippen LogP) is 4.48. The Morgan fingerprint density at radius 3 is 2.78 bits per heavy atom. The van der Waals surface area contributed by atoms with Gasteiger partial charge in [-0.25, -0.2) is 13.8 Å². The zero-order valence-electron chi connectivity index (χ0n) is 14.0. The average Bonchev–Trinajstić information content (AvgIpc) is 3.03. The van der Waals surface area contributed by atoms with Crippen molar-refractivity contribution in [2.24, 2.45) is 0 Å². The van der Waals surface area contributed by atoms with Crippen LogP contribution in [0.4, 0.5) is 19.6 Å². The van der Waals surface area contributed by atoms with Crippen LogP contribution in [0.25, 0.3) is 0 Å². The van der Waals surface area contributed by atoms with Gasteiger partial charge in [-0.05, 0) is 24.6 Å². The second kappa shape index (κ2) is 7.58. The number of anilines is 1. The molecule has 0 saturated heterocycles. The van der Waals surface area contributed by atoms with E-state index in [1.54, 1.807) is 19.1 Å². The van der Waals surface area contributed by atoms with Gasteiger partial charge in [-0.1, -0.05) is 18.2 Å². The van der Waals surface area contributed by atoms with Crippen LogP contribution in [0, 0.1) is 28.7 Å².